The van der Waals surface area contributed by atoms with Gasteiger partial charge in [-0.25, -0.2) is 4.79 Å². The Bertz CT molecular complexity index is 1300. The van der Waals surface area contributed by atoms with E-state index in [4.69, 9.17) is 4.42 Å². The van der Waals surface area contributed by atoms with Gasteiger partial charge in [0.25, 0.3) is 5.91 Å². The number of carbonyl (C=O) groups is 1. The summed E-state index contributed by atoms with van der Waals surface area (Å²) in [5.41, 5.74) is 3.79. The summed E-state index contributed by atoms with van der Waals surface area (Å²) in [4.78, 5) is 27.4. The molecule has 2 heterocycles. The van der Waals surface area contributed by atoms with Gasteiger partial charge in [0.05, 0.1) is 5.56 Å². The number of benzene rings is 3. The molecule has 31 heavy (non-hydrogen) atoms. The normalized spacial score (nSPS) is 13.5. The van der Waals surface area contributed by atoms with Gasteiger partial charge in [0.1, 0.15) is 5.58 Å². The molecule has 0 radical (unpaired) electrons. The lowest BCUT2D eigenvalue weighted by atomic mass is 10.0. The molecule has 3 aromatic carbocycles. The van der Waals surface area contributed by atoms with E-state index in [-0.39, 0.29) is 5.91 Å². The molecule has 1 saturated heterocycles. The van der Waals surface area contributed by atoms with Crippen molar-refractivity contribution in [3.63, 3.8) is 0 Å². The maximum Gasteiger partial charge on any atom is 0.344 e. The van der Waals surface area contributed by atoms with E-state index >= 15 is 0 Å². The van der Waals surface area contributed by atoms with Gasteiger partial charge < -0.3 is 14.6 Å². The van der Waals surface area contributed by atoms with E-state index in [1.807, 2.05) is 42.5 Å². The number of nitrogens with one attached hydrogen (secondary N) is 1. The summed E-state index contributed by atoms with van der Waals surface area (Å²) < 4.78 is 5.42. The summed E-state index contributed by atoms with van der Waals surface area (Å²) in [6.45, 7) is 2.11. The van der Waals surface area contributed by atoms with E-state index in [9.17, 15) is 9.59 Å². The number of fused-ring (bicyclic) bond motifs is 1. The molecule has 0 unspecified atom stereocenters. The molecule has 0 aliphatic carbocycles. The number of hydrogen-bond acceptors (Lipinski definition) is 4. The fourth-order valence-electron chi connectivity index (χ4n) is 4.02. The van der Waals surface area contributed by atoms with Gasteiger partial charge in [-0.3, -0.25) is 4.79 Å². The molecule has 1 fully saturated rings. The highest BCUT2D eigenvalue weighted by molar-refractivity contribution is 6.04. The number of carbonyl (C=O) groups excluding carboxylic acids is 1. The minimum atomic E-state index is -0.394. The lowest BCUT2D eigenvalue weighted by Crippen LogP contribution is -2.18. The van der Waals surface area contributed by atoms with Crippen LogP contribution in [0, 0.1) is 0 Å². The Morgan fingerprint density at radius 3 is 2.45 bits per heavy atom. The highest BCUT2D eigenvalue weighted by atomic mass is 16.4. The van der Waals surface area contributed by atoms with E-state index in [0.29, 0.717) is 22.3 Å². The third kappa shape index (κ3) is 3.94. The maximum atomic E-state index is 12.7. The number of para-hydroxylation sites is 1. The molecule has 1 aromatic heterocycles. The monoisotopic (exact) mass is 410 g/mol. The predicted octanol–water partition coefficient (Wildman–Crippen LogP) is 5.31. The maximum absolute atomic E-state index is 12.7. The SMILES string of the molecule is O=C(Nc1cccc(N2CCCC2)c1)c1ccc(-c2cc3ccccc3oc2=O)cc1. The van der Waals surface area contributed by atoms with Crippen LogP contribution < -0.4 is 15.8 Å². The standard InChI is InChI=1S/C26H22N2O3/c29-25(27-21-7-5-8-22(17-21)28-14-3-4-15-28)19-12-10-18(11-13-19)23-16-20-6-1-2-9-24(20)31-26(23)30/h1-2,5-13,16-17H,3-4,14-15H2,(H,27,29). The van der Waals surface area contributed by atoms with Gasteiger partial charge in [-0.1, -0.05) is 36.4 Å². The quantitative estimate of drug-likeness (QED) is 0.463. The molecule has 0 bridgehead atoms. The first-order valence-corrected chi connectivity index (χ1v) is 10.5. The Balaban J connectivity index is 1.35. The van der Waals surface area contributed by atoms with Crippen molar-refractivity contribution in [1.29, 1.82) is 0 Å². The van der Waals surface area contributed by atoms with Crippen LogP contribution in [0.15, 0.2) is 88.1 Å². The van der Waals surface area contributed by atoms with Crippen LogP contribution >= 0.6 is 0 Å². The summed E-state index contributed by atoms with van der Waals surface area (Å²) in [5, 5.41) is 3.83. The van der Waals surface area contributed by atoms with Crippen LogP contribution in [0.1, 0.15) is 23.2 Å². The smallest absolute Gasteiger partial charge is 0.344 e. The van der Waals surface area contributed by atoms with E-state index in [0.717, 1.165) is 29.9 Å². The number of anilines is 2. The van der Waals surface area contributed by atoms with Crippen LogP contribution in [-0.2, 0) is 0 Å². The van der Waals surface area contributed by atoms with Crippen molar-refractivity contribution in [2.24, 2.45) is 0 Å². The van der Waals surface area contributed by atoms with Gasteiger partial charge >= 0.3 is 5.63 Å². The second kappa shape index (κ2) is 8.11. The van der Waals surface area contributed by atoms with Gasteiger partial charge in [-0.15, -0.1) is 0 Å². The summed E-state index contributed by atoms with van der Waals surface area (Å²) in [6, 6.07) is 24.2. The topological polar surface area (TPSA) is 62.6 Å². The van der Waals surface area contributed by atoms with E-state index in [1.165, 1.54) is 12.8 Å². The Kier molecular flexibility index (Phi) is 5.00. The van der Waals surface area contributed by atoms with Crippen molar-refractivity contribution in [1.82, 2.24) is 0 Å². The number of nitrogens with zero attached hydrogens (tertiary/aromatic N) is 1. The summed E-state index contributed by atoms with van der Waals surface area (Å²) in [6.07, 6.45) is 2.41. The van der Waals surface area contributed by atoms with Crippen LogP contribution in [0.25, 0.3) is 22.1 Å². The fraction of sp³-hybridized carbons (Fsp3) is 0.154. The fourth-order valence-corrected chi connectivity index (χ4v) is 4.02. The average Bonchev–Trinajstić information content (AvgIpc) is 3.34. The summed E-state index contributed by atoms with van der Waals surface area (Å²) in [7, 11) is 0. The zero-order valence-electron chi connectivity index (χ0n) is 17.0. The Hall–Kier alpha value is -3.86. The van der Waals surface area contributed by atoms with Crippen LogP contribution in [0.3, 0.4) is 0 Å². The molecule has 1 N–H and O–H groups in total. The first kappa shape index (κ1) is 19.1. The van der Waals surface area contributed by atoms with Crippen LogP contribution in [-0.4, -0.2) is 19.0 Å². The highest BCUT2D eigenvalue weighted by Gasteiger charge is 2.14. The molecule has 5 rings (SSSR count). The zero-order valence-corrected chi connectivity index (χ0v) is 17.0. The molecule has 0 saturated carbocycles. The third-order valence-electron chi connectivity index (χ3n) is 5.67. The van der Waals surface area contributed by atoms with Gasteiger partial charge in [-0.05, 0) is 60.9 Å². The van der Waals surface area contributed by atoms with Gasteiger partial charge in [-0.2, -0.15) is 0 Å². The molecule has 5 nitrogen and oxygen atoms in total. The third-order valence-corrected chi connectivity index (χ3v) is 5.67. The minimum absolute atomic E-state index is 0.185. The molecule has 154 valence electrons. The van der Waals surface area contributed by atoms with Gasteiger partial charge in [0, 0.05) is 35.4 Å². The van der Waals surface area contributed by atoms with Crippen LogP contribution in [0.5, 0.6) is 0 Å². The second-order valence-corrected chi connectivity index (χ2v) is 7.76. The lowest BCUT2D eigenvalue weighted by molar-refractivity contribution is 0.102. The van der Waals surface area contributed by atoms with Crippen molar-refractivity contribution in [3.05, 3.63) is 94.8 Å². The van der Waals surface area contributed by atoms with Crippen LogP contribution in [0.4, 0.5) is 11.4 Å². The number of amides is 1. The molecular formula is C26H22N2O3. The lowest BCUT2D eigenvalue weighted by Gasteiger charge is -2.18. The van der Waals surface area contributed by atoms with Crippen molar-refractivity contribution < 1.29 is 9.21 Å². The molecule has 4 aromatic rings. The molecule has 0 atom stereocenters. The molecule has 1 aliphatic rings. The van der Waals surface area contributed by atoms with Crippen LogP contribution in [0.2, 0.25) is 0 Å². The largest absolute Gasteiger partial charge is 0.422 e. The first-order chi connectivity index (χ1) is 15.2. The minimum Gasteiger partial charge on any atom is -0.422 e. The van der Waals surface area contributed by atoms with E-state index in [2.05, 4.69) is 16.3 Å². The van der Waals surface area contributed by atoms with Crippen molar-refractivity contribution in [3.8, 4) is 11.1 Å². The predicted molar refractivity (Wildman–Crippen MR) is 124 cm³/mol. The summed E-state index contributed by atoms with van der Waals surface area (Å²) in [5.74, 6) is -0.185. The molecule has 0 spiro atoms. The molecule has 1 aliphatic heterocycles. The van der Waals surface area contributed by atoms with Gasteiger partial charge in [0.15, 0.2) is 0 Å². The molecule has 5 heteroatoms. The Labute approximate surface area is 179 Å². The summed E-state index contributed by atoms with van der Waals surface area (Å²) >= 11 is 0. The van der Waals surface area contributed by atoms with E-state index < -0.39 is 5.63 Å². The van der Waals surface area contributed by atoms with Crippen molar-refractivity contribution in [2.45, 2.75) is 12.8 Å². The number of rotatable bonds is 4. The molecule has 1 amide bonds. The van der Waals surface area contributed by atoms with Crippen molar-refractivity contribution in [2.75, 3.05) is 23.3 Å². The molecular weight excluding hydrogens is 388 g/mol. The Morgan fingerprint density at radius 2 is 1.65 bits per heavy atom. The van der Waals surface area contributed by atoms with Crippen molar-refractivity contribution >= 4 is 28.3 Å². The second-order valence-electron chi connectivity index (χ2n) is 7.76. The first-order valence-electron chi connectivity index (χ1n) is 10.5. The Morgan fingerprint density at radius 1 is 0.871 bits per heavy atom. The zero-order chi connectivity index (χ0) is 21.2. The number of hydrogen-bond donors (Lipinski definition) is 1. The highest BCUT2D eigenvalue weighted by Crippen LogP contribution is 2.24. The average molecular weight is 410 g/mol. The van der Waals surface area contributed by atoms with E-state index in [1.54, 1.807) is 30.3 Å². The van der Waals surface area contributed by atoms with Gasteiger partial charge in [0.2, 0.25) is 0 Å².